The average molecular weight is 257 g/mol. The summed E-state index contributed by atoms with van der Waals surface area (Å²) in [4.78, 5) is 0. The highest BCUT2D eigenvalue weighted by Gasteiger charge is 2.46. The molecule has 1 nitrogen and oxygen atoms in total. The maximum Gasteiger partial charge on any atom is 0.0587 e. The molecule has 0 N–H and O–H groups in total. The van der Waals surface area contributed by atoms with Crippen molar-refractivity contribution in [3.63, 3.8) is 0 Å². The van der Waals surface area contributed by atoms with Gasteiger partial charge >= 0.3 is 0 Å². The fraction of sp³-hybridized carbons (Fsp3) is 1.00. The summed E-state index contributed by atoms with van der Waals surface area (Å²) in [5, 5.41) is 0.489. The fourth-order valence-corrected chi connectivity index (χ4v) is 6.14. The molecule has 17 heavy (non-hydrogen) atoms. The van der Waals surface area contributed by atoms with E-state index in [-0.39, 0.29) is 0 Å². The zero-order chi connectivity index (χ0) is 13.1. The lowest BCUT2D eigenvalue weighted by atomic mass is 10.0. The van der Waals surface area contributed by atoms with Crippen molar-refractivity contribution in [1.82, 2.24) is 0 Å². The standard InChI is InChI=1S/C15H32OSi/c1-7-8-10-13-14(11-9-12-16-13)17(5,6)15(2,3)4/h13-14H,7-12H2,1-6H3/t13-,14+/m0/s1. The minimum absolute atomic E-state index is 0.489. The molecule has 1 fully saturated rings. The van der Waals surface area contributed by atoms with Crippen molar-refractivity contribution >= 4 is 8.07 Å². The molecule has 0 aromatic carbocycles. The Morgan fingerprint density at radius 1 is 1.24 bits per heavy atom. The Hall–Kier alpha value is 0.177. The molecule has 102 valence electrons. The van der Waals surface area contributed by atoms with Crippen LogP contribution in [-0.2, 0) is 4.74 Å². The zero-order valence-corrected chi connectivity index (χ0v) is 13.8. The SMILES string of the molecule is CCCC[C@@H]1OCCC[C@H]1[Si](C)(C)C(C)(C)C. The summed E-state index contributed by atoms with van der Waals surface area (Å²) in [5.41, 5.74) is 0.864. The lowest BCUT2D eigenvalue weighted by molar-refractivity contribution is 0.00755. The van der Waals surface area contributed by atoms with Crippen LogP contribution >= 0.6 is 0 Å². The second-order valence-electron chi connectivity index (χ2n) is 7.27. The minimum Gasteiger partial charge on any atom is -0.378 e. The predicted octanol–water partition coefficient (Wildman–Crippen LogP) is 5.23. The van der Waals surface area contributed by atoms with Gasteiger partial charge in [0, 0.05) is 6.61 Å². The molecule has 1 saturated heterocycles. The minimum atomic E-state index is -1.24. The lowest BCUT2D eigenvalue weighted by Gasteiger charge is -2.48. The van der Waals surface area contributed by atoms with Crippen molar-refractivity contribution in [2.24, 2.45) is 0 Å². The second kappa shape index (κ2) is 5.88. The molecule has 0 unspecified atom stereocenters. The Morgan fingerprint density at radius 3 is 2.41 bits per heavy atom. The molecule has 0 amide bonds. The third-order valence-corrected chi connectivity index (χ3v) is 11.5. The first-order chi connectivity index (χ1) is 7.80. The van der Waals surface area contributed by atoms with Crippen molar-refractivity contribution in [3.05, 3.63) is 0 Å². The van der Waals surface area contributed by atoms with E-state index in [0.29, 0.717) is 11.1 Å². The van der Waals surface area contributed by atoms with E-state index in [1.54, 1.807) is 0 Å². The summed E-state index contributed by atoms with van der Waals surface area (Å²) in [7, 11) is -1.24. The molecule has 0 aromatic rings. The van der Waals surface area contributed by atoms with Crippen molar-refractivity contribution in [2.45, 2.75) is 89.6 Å². The van der Waals surface area contributed by atoms with Gasteiger partial charge in [-0.05, 0) is 29.8 Å². The smallest absolute Gasteiger partial charge is 0.0587 e. The Labute approximate surface area is 109 Å². The molecule has 0 bridgehead atoms. The number of hydrogen-bond donors (Lipinski definition) is 0. The van der Waals surface area contributed by atoms with Crippen LogP contribution in [-0.4, -0.2) is 20.8 Å². The number of rotatable bonds is 4. The highest BCUT2D eigenvalue weighted by Crippen LogP contribution is 2.49. The summed E-state index contributed by atoms with van der Waals surface area (Å²) < 4.78 is 6.11. The van der Waals surface area contributed by atoms with Gasteiger partial charge in [0.1, 0.15) is 0 Å². The van der Waals surface area contributed by atoms with Crippen LogP contribution in [0.1, 0.15) is 59.8 Å². The van der Waals surface area contributed by atoms with Gasteiger partial charge in [-0.25, -0.2) is 0 Å². The molecule has 0 aromatic heterocycles. The predicted molar refractivity (Wildman–Crippen MR) is 79.4 cm³/mol. The first kappa shape index (κ1) is 15.2. The zero-order valence-electron chi connectivity index (χ0n) is 12.8. The first-order valence-corrected chi connectivity index (χ1v) is 10.5. The monoisotopic (exact) mass is 256 g/mol. The van der Waals surface area contributed by atoms with Gasteiger partial charge in [-0.15, -0.1) is 0 Å². The molecule has 1 rings (SSSR count). The van der Waals surface area contributed by atoms with E-state index in [2.05, 4.69) is 40.8 Å². The van der Waals surface area contributed by atoms with Crippen LogP contribution in [0, 0.1) is 0 Å². The van der Waals surface area contributed by atoms with E-state index >= 15 is 0 Å². The number of hydrogen-bond acceptors (Lipinski definition) is 1. The molecule has 0 saturated carbocycles. The van der Waals surface area contributed by atoms with Gasteiger partial charge in [0.15, 0.2) is 0 Å². The number of ether oxygens (including phenoxy) is 1. The average Bonchev–Trinajstić information content (AvgIpc) is 2.25. The van der Waals surface area contributed by atoms with Crippen molar-refractivity contribution in [1.29, 1.82) is 0 Å². The van der Waals surface area contributed by atoms with E-state index in [9.17, 15) is 0 Å². The summed E-state index contributed by atoms with van der Waals surface area (Å²) in [5.74, 6) is 0. The van der Waals surface area contributed by atoms with E-state index in [1.807, 2.05) is 0 Å². The fourth-order valence-electron chi connectivity index (χ4n) is 2.91. The molecule has 2 heteroatoms. The van der Waals surface area contributed by atoms with Crippen LogP contribution in [0.3, 0.4) is 0 Å². The molecule has 2 atom stereocenters. The second-order valence-corrected chi connectivity index (χ2v) is 13.0. The van der Waals surface area contributed by atoms with Gasteiger partial charge < -0.3 is 4.74 Å². The van der Waals surface area contributed by atoms with Gasteiger partial charge in [0.2, 0.25) is 0 Å². The summed E-state index contributed by atoms with van der Waals surface area (Å²) in [6, 6.07) is 0. The molecular weight excluding hydrogens is 224 g/mol. The van der Waals surface area contributed by atoms with E-state index in [1.165, 1.54) is 32.1 Å². The summed E-state index contributed by atoms with van der Waals surface area (Å²) in [6.45, 7) is 15.7. The molecule has 1 aliphatic heterocycles. The Bertz CT molecular complexity index is 230. The topological polar surface area (TPSA) is 9.23 Å². The van der Waals surface area contributed by atoms with Gasteiger partial charge in [-0.2, -0.15) is 0 Å². The van der Waals surface area contributed by atoms with Crippen LogP contribution in [0.2, 0.25) is 23.7 Å². The van der Waals surface area contributed by atoms with Crippen molar-refractivity contribution in [2.75, 3.05) is 6.61 Å². The van der Waals surface area contributed by atoms with E-state index in [4.69, 9.17) is 4.74 Å². The Morgan fingerprint density at radius 2 is 1.88 bits per heavy atom. The van der Waals surface area contributed by atoms with Crippen LogP contribution in [0.25, 0.3) is 0 Å². The van der Waals surface area contributed by atoms with Gasteiger partial charge in [-0.1, -0.05) is 53.6 Å². The van der Waals surface area contributed by atoms with Gasteiger partial charge in [-0.3, -0.25) is 0 Å². The van der Waals surface area contributed by atoms with Crippen LogP contribution in [0.15, 0.2) is 0 Å². The highest BCUT2D eigenvalue weighted by atomic mass is 28.3. The third kappa shape index (κ3) is 3.57. The Balaban J connectivity index is 2.76. The molecule has 0 aliphatic carbocycles. The van der Waals surface area contributed by atoms with Gasteiger partial charge in [0.25, 0.3) is 0 Å². The maximum atomic E-state index is 6.11. The first-order valence-electron chi connectivity index (χ1n) is 7.42. The van der Waals surface area contributed by atoms with Crippen molar-refractivity contribution in [3.8, 4) is 0 Å². The third-order valence-electron chi connectivity index (χ3n) is 5.14. The van der Waals surface area contributed by atoms with Gasteiger partial charge in [0.05, 0.1) is 14.2 Å². The van der Waals surface area contributed by atoms with Crippen LogP contribution in [0.5, 0.6) is 0 Å². The summed E-state index contributed by atoms with van der Waals surface area (Å²) >= 11 is 0. The molecule has 1 aliphatic rings. The molecular formula is C15H32OSi. The van der Waals surface area contributed by atoms with Crippen LogP contribution < -0.4 is 0 Å². The Kier molecular flexibility index (Phi) is 5.27. The normalized spacial score (nSPS) is 27.2. The van der Waals surface area contributed by atoms with E-state index in [0.717, 1.165) is 12.1 Å². The highest BCUT2D eigenvalue weighted by molar-refractivity contribution is 6.81. The quantitative estimate of drug-likeness (QED) is 0.625. The maximum absolute atomic E-state index is 6.11. The molecule has 1 heterocycles. The molecule has 0 spiro atoms. The molecule has 0 radical (unpaired) electrons. The van der Waals surface area contributed by atoms with Crippen molar-refractivity contribution < 1.29 is 4.74 Å². The largest absolute Gasteiger partial charge is 0.378 e. The number of unbranched alkanes of at least 4 members (excludes halogenated alkanes) is 1. The van der Waals surface area contributed by atoms with E-state index < -0.39 is 8.07 Å². The summed E-state index contributed by atoms with van der Waals surface area (Å²) in [6.07, 6.45) is 7.16. The lowest BCUT2D eigenvalue weighted by Crippen LogP contribution is -2.48. The van der Waals surface area contributed by atoms with Crippen LogP contribution in [0.4, 0.5) is 0 Å².